The Balaban J connectivity index is 0.00000324. The van der Waals surface area contributed by atoms with Crippen LogP contribution in [0.15, 0.2) is 59.6 Å². The zero-order valence-electron chi connectivity index (χ0n) is 20.0. The Morgan fingerprint density at radius 1 is 1.09 bits per heavy atom. The van der Waals surface area contributed by atoms with Crippen molar-refractivity contribution in [2.45, 2.75) is 51.7 Å². The van der Waals surface area contributed by atoms with Crippen LogP contribution in [-0.2, 0) is 17.8 Å². The predicted octanol–water partition coefficient (Wildman–Crippen LogP) is 4.38. The summed E-state index contributed by atoms with van der Waals surface area (Å²) in [6, 6.07) is 18.5. The molecule has 2 fully saturated rings. The summed E-state index contributed by atoms with van der Waals surface area (Å²) in [5.41, 5.74) is 2.37. The highest BCUT2D eigenvalue weighted by Crippen LogP contribution is 2.28. The van der Waals surface area contributed by atoms with Crippen molar-refractivity contribution in [2.24, 2.45) is 10.9 Å². The SMILES string of the molecule is CCNC(=NCc1ccccc1OC1CCC1)NCC1CC(=O)N(CCc2ccccc2)C1.I. The molecule has 7 heteroatoms. The number of amides is 1. The van der Waals surface area contributed by atoms with Crippen molar-refractivity contribution < 1.29 is 9.53 Å². The number of nitrogens with one attached hydrogen (secondary N) is 2. The maximum absolute atomic E-state index is 12.5. The second-order valence-electron chi connectivity index (χ2n) is 9.00. The van der Waals surface area contributed by atoms with Crippen LogP contribution in [0.2, 0.25) is 0 Å². The van der Waals surface area contributed by atoms with Gasteiger partial charge in [-0.1, -0.05) is 48.5 Å². The molecule has 6 nitrogen and oxygen atoms in total. The molecule has 34 heavy (non-hydrogen) atoms. The van der Waals surface area contributed by atoms with Crippen molar-refractivity contribution in [3.63, 3.8) is 0 Å². The van der Waals surface area contributed by atoms with E-state index in [0.717, 1.165) is 62.7 Å². The van der Waals surface area contributed by atoms with Gasteiger partial charge >= 0.3 is 0 Å². The number of halogens is 1. The minimum absolute atomic E-state index is 0. The van der Waals surface area contributed by atoms with E-state index in [0.29, 0.717) is 25.0 Å². The first kappa shape index (κ1) is 26.3. The second-order valence-corrected chi connectivity index (χ2v) is 9.00. The Morgan fingerprint density at radius 3 is 2.59 bits per heavy atom. The summed E-state index contributed by atoms with van der Waals surface area (Å²) in [5, 5.41) is 6.78. The first-order valence-corrected chi connectivity index (χ1v) is 12.3. The molecule has 0 bridgehead atoms. The van der Waals surface area contributed by atoms with E-state index in [1.807, 2.05) is 41.3 Å². The maximum atomic E-state index is 12.5. The van der Waals surface area contributed by atoms with Crippen LogP contribution in [-0.4, -0.2) is 49.0 Å². The van der Waals surface area contributed by atoms with Crippen LogP contribution in [0.5, 0.6) is 5.75 Å². The fourth-order valence-electron chi connectivity index (χ4n) is 4.28. The number of aliphatic imine (C=N–C) groups is 1. The summed E-state index contributed by atoms with van der Waals surface area (Å²) in [5.74, 6) is 2.27. The summed E-state index contributed by atoms with van der Waals surface area (Å²) in [6.45, 7) is 5.74. The number of hydrogen-bond acceptors (Lipinski definition) is 3. The lowest BCUT2D eigenvalue weighted by molar-refractivity contribution is -0.127. The third-order valence-corrected chi connectivity index (χ3v) is 6.44. The topological polar surface area (TPSA) is 66.0 Å². The van der Waals surface area contributed by atoms with Gasteiger partial charge in [-0.05, 0) is 44.2 Å². The van der Waals surface area contributed by atoms with Crippen molar-refractivity contribution in [3.05, 3.63) is 65.7 Å². The zero-order chi connectivity index (χ0) is 22.9. The molecule has 1 atom stereocenters. The molecule has 4 rings (SSSR count). The minimum atomic E-state index is 0. The quantitative estimate of drug-likeness (QED) is 0.251. The largest absolute Gasteiger partial charge is 0.490 e. The van der Waals surface area contributed by atoms with Crippen LogP contribution >= 0.6 is 24.0 Å². The van der Waals surface area contributed by atoms with E-state index in [1.165, 1.54) is 12.0 Å². The highest BCUT2D eigenvalue weighted by molar-refractivity contribution is 14.0. The summed E-state index contributed by atoms with van der Waals surface area (Å²) in [7, 11) is 0. The number of carbonyl (C=O) groups excluding carboxylic acids is 1. The average molecular weight is 577 g/mol. The van der Waals surface area contributed by atoms with Gasteiger partial charge in [0.05, 0.1) is 12.6 Å². The molecule has 0 spiro atoms. The van der Waals surface area contributed by atoms with Gasteiger partial charge in [-0.2, -0.15) is 0 Å². The van der Waals surface area contributed by atoms with E-state index in [1.54, 1.807) is 0 Å². The molecule has 1 aliphatic carbocycles. The van der Waals surface area contributed by atoms with Crippen LogP contribution in [0.4, 0.5) is 0 Å². The van der Waals surface area contributed by atoms with Crippen molar-refractivity contribution >= 4 is 35.8 Å². The van der Waals surface area contributed by atoms with E-state index < -0.39 is 0 Å². The van der Waals surface area contributed by atoms with Crippen LogP contribution in [0.25, 0.3) is 0 Å². The summed E-state index contributed by atoms with van der Waals surface area (Å²) in [4.78, 5) is 19.3. The predicted molar refractivity (Wildman–Crippen MR) is 148 cm³/mol. The van der Waals surface area contributed by atoms with E-state index in [4.69, 9.17) is 9.73 Å². The number of carbonyl (C=O) groups is 1. The molecule has 2 aromatic rings. The van der Waals surface area contributed by atoms with Gasteiger partial charge in [0.2, 0.25) is 5.91 Å². The van der Waals surface area contributed by atoms with Gasteiger partial charge in [-0.3, -0.25) is 4.79 Å². The summed E-state index contributed by atoms with van der Waals surface area (Å²) < 4.78 is 6.14. The maximum Gasteiger partial charge on any atom is 0.223 e. The Kier molecular flexibility index (Phi) is 10.5. The molecule has 1 heterocycles. The number of para-hydroxylation sites is 1. The smallest absolute Gasteiger partial charge is 0.223 e. The van der Waals surface area contributed by atoms with E-state index in [-0.39, 0.29) is 29.9 Å². The minimum Gasteiger partial charge on any atom is -0.490 e. The van der Waals surface area contributed by atoms with Crippen molar-refractivity contribution in [2.75, 3.05) is 26.2 Å². The molecular weight excluding hydrogens is 539 g/mol. The van der Waals surface area contributed by atoms with E-state index >= 15 is 0 Å². The number of ether oxygens (including phenoxy) is 1. The monoisotopic (exact) mass is 576 g/mol. The van der Waals surface area contributed by atoms with E-state index in [9.17, 15) is 4.79 Å². The molecule has 0 aromatic heterocycles. The summed E-state index contributed by atoms with van der Waals surface area (Å²) >= 11 is 0. The Labute approximate surface area is 220 Å². The molecule has 2 N–H and O–H groups in total. The number of benzene rings is 2. The molecule has 2 aliphatic rings. The van der Waals surface area contributed by atoms with Crippen molar-refractivity contribution in [3.8, 4) is 5.75 Å². The fraction of sp³-hybridized carbons (Fsp3) is 0.481. The Bertz CT molecular complexity index is 933. The number of hydrogen-bond donors (Lipinski definition) is 2. The Hall–Kier alpha value is -2.29. The highest BCUT2D eigenvalue weighted by atomic mass is 127. The molecule has 1 saturated heterocycles. The molecule has 1 amide bonds. The highest BCUT2D eigenvalue weighted by Gasteiger charge is 2.29. The van der Waals surface area contributed by atoms with Gasteiger partial charge in [-0.25, -0.2) is 4.99 Å². The molecule has 184 valence electrons. The van der Waals surface area contributed by atoms with Crippen molar-refractivity contribution in [1.29, 1.82) is 0 Å². The van der Waals surface area contributed by atoms with Crippen LogP contribution in [0.3, 0.4) is 0 Å². The van der Waals surface area contributed by atoms with Crippen LogP contribution < -0.4 is 15.4 Å². The molecule has 1 unspecified atom stereocenters. The van der Waals surface area contributed by atoms with Crippen LogP contribution in [0, 0.1) is 5.92 Å². The van der Waals surface area contributed by atoms with E-state index in [2.05, 4.69) is 35.8 Å². The molecule has 1 aliphatic heterocycles. The van der Waals surface area contributed by atoms with Gasteiger partial charge in [0.1, 0.15) is 5.75 Å². The van der Waals surface area contributed by atoms with Gasteiger partial charge in [0.15, 0.2) is 5.96 Å². The lowest BCUT2D eigenvalue weighted by Gasteiger charge is -2.27. The lowest BCUT2D eigenvalue weighted by Crippen LogP contribution is -2.40. The van der Waals surface area contributed by atoms with Crippen molar-refractivity contribution in [1.82, 2.24) is 15.5 Å². The third kappa shape index (κ3) is 7.61. The normalized spacial score (nSPS) is 18.3. The molecule has 1 saturated carbocycles. The first-order valence-electron chi connectivity index (χ1n) is 12.3. The number of guanidine groups is 1. The first-order chi connectivity index (χ1) is 16.2. The third-order valence-electron chi connectivity index (χ3n) is 6.44. The Morgan fingerprint density at radius 2 is 1.85 bits per heavy atom. The van der Waals surface area contributed by atoms with Crippen LogP contribution in [0.1, 0.15) is 43.7 Å². The molecule has 0 radical (unpaired) electrons. The number of likely N-dealkylation sites (tertiary alicyclic amines) is 1. The summed E-state index contributed by atoms with van der Waals surface area (Å²) in [6.07, 6.45) is 5.39. The standard InChI is InChI=1S/C27H36N4O2.HI/c1-2-28-27(30-19-23-11-6-7-14-25(23)33-24-12-8-13-24)29-18-22-17-26(32)31(20-22)16-15-21-9-4-3-5-10-21;/h3-7,9-11,14,22,24H,2,8,12-13,15-20H2,1H3,(H2,28,29,30);1H. The van der Waals surface area contributed by atoms with Gasteiger partial charge < -0.3 is 20.3 Å². The second kappa shape index (κ2) is 13.6. The average Bonchev–Trinajstić information content (AvgIpc) is 3.17. The van der Waals surface area contributed by atoms with Gasteiger partial charge in [0, 0.05) is 44.1 Å². The fourth-order valence-corrected chi connectivity index (χ4v) is 4.28. The molecule has 2 aromatic carbocycles. The van der Waals surface area contributed by atoms with Gasteiger partial charge in [-0.15, -0.1) is 24.0 Å². The zero-order valence-corrected chi connectivity index (χ0v) is 22.4. The number of nitrogens with zero attached hydrogens (tertiary/aromatic N) is 2. The number of rotatable bonds is 10. The molecular formula is C27H37IN4O2. The lowest BCUT2D eigenvalue weighted by atomic mass is 9.96. The van der Waals surface area contributed by atoms with Gasteiger partial charge in [0.25, 0.3) is 0 Å².